The number of aryl methyl sites for hydroxylation is 1. The number of aromatic amines is 1. The zero-order chi connectivity index (χ0) is 15.7. The highest BCUT2D eigenvalue weighted by atomic mass is 16.5. The van der Waals surface area contributed by atoms with Crippen molar-refractivity contribution in [3.63, 3.8) is 0 Å². The van der Waals surface area contributed by atoms with Crippen molar-refractivity contribution in [3.8, 4) is 0 Å². The molecule has 1 aromatic heterocycles. The Hall–Kier alpha value is -1.82. The summed E-state index contributed by atoms with van der Waals surface area (Å²) in [6.07, 6.45) is 4.55. The summed E-state index contributed by atoms with van der Waals surface area (Å²) in [5.41, 5.74) is 1.64. The highest BCUT2D eigenvalue weighted by Gasteiger charge is 2.41. The van der Waals surface area contributed by atoms with E-state index in [1.165, 1.54) is 7.11 Å². The zero-order valence-corrected chi connectivity index (χ0v) is 13.1. The van der Waals surface area contributed by atoms with Gasteiger partial charge in [-0.15, -0.1) is 0 Å². The van der Waals surface area contributed by atoms with Gasteiger partial charge in [0, 0.05) is 5.69 Å². The van der Waals surface area contributed by atoms with Gasteiger partial charge < -0.3 is 15.0 Å². The quantitative estimate of drug-likeness (QED) is 0.815. The number of carbonyl (C=O) groups excluding carboxylic acids is 2. The lowest BCUT2D eigenvalue weighted by molar-refractivity contribution is -0.121. The Labute approximate surface area is 130 Å². The number of hydrogen-bond donors (Lipinski definition) is 2. The number of nitrogens with one attached hydrogen (secondary N) is 2. The first kappa shape index (κ1) is 15.1. The summed E-state index contributed by atoms with van der Waals surface area (Å²) in [5.74, 6) is -0.0131. The lowest BCUT2D eigenvalue weighted by Gasteiger charge is -2.26. The molecule has 6 heteroatoms. The molecule has 6 nitrogen and oxygen atoms in total. The summed E-state index contributed by atoms with van der Waals surface area (Å²) in [4.78, 5) is 29.8. The molecule has 2 aliphatic rings. The van der Waals surface area contributed by atoms with E-state index in [0.717, 1.165) is 44.5 Å². The van der Waals surface area contributed by atoms with E-state index in [9.17, 15) is 9.59 Å². The van der Waals surface area contributed by atoms with Gasteiger partial charge in [-0.3, -0.25) is 9.69 Å². The number of rotatable bonds is 5. The Morgan fingerprint density at radius 3 is 2.64 bits per heavy atom. The first-order chi connectivity index (χ1) is 10.6. The minimum atomic E-state index is -0.465. The van der Waals surface area contributed by atoms with Gasteiger partial charge in [-0.2, -0.15) is 0 Å². The summed E-state index contributed by atoms with van der Waals surface area (Å²) < 4.78 is 4.76. The molecule has 0 bridgehead atoms. The third-order valence-electron chi connectivity index (χ3n) is 4.47. The molecule has 0 spiro atoms. The Kier molecular flexibility index (Phi) is 4.20. The van der Waals surface area contributed by atoms with Crippen LogP contribution in [0.3, 0.4) is 0 Å². The van der Waals surface area contributed by atoms with Crippen LogP contribution in [0.15, 0.2) is 6.07 Å². The van der Waals surface area contributed by atoms with E-state index in [1.807, 2.05) is 6.92 Å². The maximum atomic E-state index is 12.7. The number of carbonyl (C=O) groups is 2. The van der Waals surface area contributed by atoms with Crippen LogP contribution in [0.5, 0.6) is 0 Å². The van der Waals surface area contributed by atoms with Crippen LogP contribution in [0, 0.1) is 12.8 Å². The van der Waals surface area contributed by atoms with Crippen molar-refractivity contribution in [2.24, 2.45) is 5.92 Å². The molecular formula is C16H23N3O3. The van der Waals surface area contributed by atoms with Crippen LogP contribution in [0.2, 0.25) is 0 Å². The number of esters is 1. The number of ether oxygens (including phenoxy) is 1. The molecule has 0 radical (unpaired) electrons. The molecule has 1 aromatic rings. The van der Waals surface area contributed by atoms with Crippen LogP contribution in [0.25, 0.3) is 0 Å². The second-order valence-electron chi connectivity index (χ2n) is 6.25. The Balaban J connectivity index is 1.76. The number of methoxy groups -OCH3 is 1. The maximum Gasteiger partial charge on any atom is 0.356 e. The molecule has 2 heterocycles. The van der Waals surface area contributed by atoms with E-state index >= 15 is 0 Å². The normalized spacial score (nSPS) is 19.9. The van der Waals surface area contributed by atoms with Gasteiger partial charge in [0.15, 0.2) is 0 Å². The first-order valence-corrected chi connectivity index (χ1v) is 7.93. The third kappa shape index (κ3) is 3.02. The van der Waals surface area contributed by atoms with E-state index in [-0.39, 0.29) is 11.9 Å². The Bertz CT molecular complexity index is 571. The first-order valence-electron chi connectivity index (χ1n) is 7.93. The van der Waals surface area contributed by atoms with Crippen molar-refractivity contribution in [1.82, 2.24) is 9.88 Å². The molecule has 1 saturated heterocycles. The number of amides is 1. The van der Waals surface area contributed by atoms with Crippen LogP contribution in [-0.4, -0.2) is 48.0 Å². The van der Waals surface area contributed by atoms with Gasteiger partial charge in [0.2, 0.25) is 5.91 Å². The maximum absolute atomic E-state index is 12.7. The van der Waals surface area contributed by atoms with Crippen molar-refractivity contribution in [3.05, 3.63) is 17.5 Å². The van der Waals surface area contributed by atoms with E-state index in [2.05, 4.69) is 15.2 Å². The summed E-state index contributed by atoms with van der Waals surface area (Å²) in [6.45, 7) is 3.83. The summed E-state index contributed by atoms with van der Waals surface area (Å²) in [6, 6.07) is 1.71. The van der Waals surface area contributed by atoms with Gasteiger partial charge >= 0.3 is 5.97 Å². The molecule has 1 amide bonds. The number of hydrogen-bond acceptors (Lipinski definition) is 4. The fourth-order valence-corrected chi connectivity index (χ4v) is 3.27. The minimum absolute atomic E-state index is 0.00597. The molecule has 3 rings (SSSR count). The van der Waals surface area contributed by atoms with Crippen molar-refractivity contribution in [2.45, 2.75) is 38.6 Å². The van der Waals surface area contributed by atoms with Crippen LogP contribution in [0.1, 0.15) is 41.9 Å². The van der Waals surface area contributed by atoms with Gasteiger partial charge in [-0.05, 0) is 57.7 Å². The standard InChI is InChI=1S/C16H23N3O3/c1-10-9-12(13(17-10)16(21)22-2)18-15(20)14(11-5-6-11)19-7-3-4-8-19/h9,11,14,17H,3-8H2,1-2H3,(H,18,20)/t14-/m1/s1. The number of anilines is 1. The van der Waals surface area contributed by atoms with Crippen molar-refractivity contribution in [1.29, 1.82) is 0 Å². The largest absolute Gasteiger partial charge is 0.464 e. The molecule has 0 aromatic carbocycles. The molecule has 2 fully saturated rings. The molecule has 0 unspecified atom stereocenters. The smallest absolute Gasteiger partial charge is 0.356 e. The SMILES string of the molecule is COC(=O)c1[nH]c(C)cc1NC(=O)[C@@H](C1CC1)N1CCCC1. The summed E-state index contributed by atoms with van der Waals surface area (Å²) >= 11 is 0. The highest BCUT2D eigenvalue weighted by molar-refractivity contribution is 6.02. The predicted molar refractivity (Wildman–Crippen MR) is 82.8 cm³/mol. The van der Waals surface area contributed by atoms with E-state index in [4.69, 9.17) is 4.74 Å². The Morgan fingerprint density at radius 2 is 2.05 bits per heavy atom. The monoisotopic (exact) mass is 305 g/mol. The molecular weight excluding hydrogens is 282 g/mol. The lowest BCUT2D eigenvalue weighted by atomic mass is 10.1. The van der Waals surface area contributed by atoms with Gasteiger partial charge in [-0.1, -0.05) is 0 Å². The highest BCUT2D eigenvalue weighted by Crippen LogP contribution is 2.37. The van der Waals surface area contributed by atoms with Crippen LogP contribution in [-0.2, 0) is 9.53 Å². The number of H-pyrrole nitrogens is 1. The summed E-state index contributed by atoms with van der Waals surface area (Å²) in [5, 5.41) is 2.93. The zero-order valence-electron chi connectivity index (χ0n) is 13.1. The van der Waals surface area contributed by atoms with E-state index < -0.39 is 5.97 Å². The average molecular weight is 305 g/mol. The molecule has 22 heavy (non-hydrogen) atoms. The van der Waals surface area contributed by atoms with Crippen LogP contribution < -0.4 is 5.32 Å². The fraction of sp³-hybridized carbons (Fsp3) is 0.625. The number of nitrogens with zero attached hydrogens (tertiary/aromatic N) is 1. The van der Waals surface area contributed by atoms with Gasteiger partial charge in [0.05, 0.1) is 18.8 Å². The molecule has 1 saturated carbocycles. The second-order valence-corrected chi connectivity index (χ2v) is 6.25. The molecule has 1 aliphatic heterocycles. The van der Waals surface area contributed by atoms with Crippen LogP contribution >= 0.6 is 0 Å². The van der Waals surface area contributed by atoms with Gasteiger partial charge in [0.1, 0.15) is 5.69 Å². The Morgan fingerprint density at radius 1 is 1.36 bits per heavy atom. The van der Waals surface area contributed by atoms with E-state index in [0.29, 0.717) is 17.3 Å². The molecule has 1 atom stereocenters. The summed E-state index contributed by atoms with van der Waals surface area (Å²) in [7, 11) is 1.33. The van der Waals surface area contributed by atoms with Crippen LogP contribution in [0.4, 0.5) is 5.69 Å². The molecule has 1 aliphatic carbocycles. The molecule has 2 N–H and O–H groups in total. The average Bonchev–Trinajstić information content (AvgIpc) is 3.03. The van der Waals surface area contributed by atoms with Crippen molar-refractivity contribution < 1.29 is 14.3 Å². The van der Waals surface area contributed by atoms with Gasteiger partial charge in [0.25, 0.3) is 0 Å². The number of likely N-dealkylation sites (tertiary alicyclic amines) is 1. The van der Waals surface area contributed by atoms with Crippen molar-refractivity contribution in [2.75, 3.05) is 25.5 Å². The minimum Gasteiger partial charge on any atom is -0.464 e. The van der Waals surface area contributed by atoms with Gasteiger partial charge in [-0.25, -0.2) is 4.79 Å². The third-order valence-corrected chi connectivity index (χ3v) is 4.47. The fourth-order valence-electron chi connectivity index (χ4n) is 3.27. The van der Waals surface area contributed by atoms with E-state index in [1.54, 1.807) is 6.07 Å². The second kappa shape index (κ2) is 6.12. The number of aromatic nitrogens is 1. The lowest BCUT2D eigenvalue weighted by Crippen LogP contribution is -2.44. The van der Waals surface area contributed by atoms with Crippen molar-refractivity contribution >= 4 is 17.6 Å². The predicted octanol–water partition coefficient (Wildman–Crippen LogP) is 1.92. The topological polar surface area (TPSA) is 74.4 Å². The molecule has 120 valence electrons.